The molecule has 0 radical (unpaired) electrons. The number of esters is 1. The van der Waals surface area contributed by atoms with Gasteiger partial charge >= 0.3 is 5.97 Å². The molecule has 0 fully saturated rings. The SMILES string of the molecule is CCSCC(C)NCc1ccc(C(=O)OC)o1. The Morgan fingerprint density at radius 3 is 3.00 bits per heavy atom. The van der Waals surface area contributed by atoms with E-state index in [9.17, 15) is 4.79 Å². The van der Waals surface area contributed by atoms with Gasteiger partial charge in [0.2, 0.25) is 5.76 Å². The van der Waals surface area contributed by atoms with Crippen molar-refractivity contribution in [1.82, 2.24) is 5.32 Å². The first-order valence-electron chi connectivity index (χ1n) is 5.65. The first-order chi connectivity index (χ1) is 8.17. The summed E-state index contributed by atoms with van der Waals surface area (Å²) in [5.41, 5.74) is 0. The lowest BCUT2D eigenvalue weighted by Crippen LogP contribution is -2.27. The molecule has 1 aromatic heterocycles. The predicted molar refractivity (Wildman–Crippen MR) is 69.3 cm³/mol. The van der Waals surface area contributed by atoms with Gasteiger partial charge in [-0.2, -0.15) is 11.8 Å². The third kappa shape index (κ3) is 4.83. The average Bonchev–Trinajstić information content (AvgIpc) is 2.81. The Balaban J connectivity index is 2.36. The van der Waals surface area contributed by atoms with Crippen LogP contribution in [-0.2, 0) is 11.3 Å². The average molecular weight is 257 g/mol. The van der Waals surface area contributed by atoms with Gasteiger partial charge in [-0.3, -0.25) is 0 Å². The smallest absolute Gasteiger partial charge is 0.373 e. The molecule has 4 nitrogen and oxygen atoms in total. The van der Waals surface area contributed by atoms with Crippen LogP contribution < -0.4 is 5.32 Å². The molecule has 96 valence electrons. The predicted octanol–water partition coefficient (Wildman–Crippen LogP) is 2.30. The minimum Gasteiger partial charge on any atom is -0.463 e. The van der Waals surface area contributed by atoms with Crippen molar-refractivity contribution >= 4 is 17.7 Å². The molecule has 0 aliphatic carbocycles. The second kappa shape index (κ2) is 7.40. The van der Waals surface area contributed by atoms with Gasteiger partial charge in [-0.1, -0.05) is 6.92 Å². The van der Waals surface area contributed by atoms with Gasteiger partial charge in [-0.05, 0) is 24.8 Å². The second-order valence-electron chi connectivity index (χ2n) is 3.70. The first kappa shape index (κ1) is 14.1. The number of thioether (sulfide) groups is 1. The molecule has 0 saturated carbocycles. The van der Waals surface area contributed by atoms with E-state index in [1.54, 1.807) is 12.1 Å². The highest BCUT2D eigenvalue weighted by atomic mass is 32.2. The lowest BCUT2D eigenvalue weighted by atomic mass is 10.3. The minimum absolute atomic E-state index is 0.250. The van der Waals surface area contributed by atoms with Crippen molar-refractivity contribution in [3.8, 4) is 0 Å². The number of ether oxygens (including phenoxy) is 1. The normalized spacial score (nSPS) is 12.4. The summed E-state index contributed by atoms with van der Waals surface area (Å²) in [7, 11) is 1.34. The van der Waals surface area contributed by atoms with Gasteiger partial charge in [0.25, 0.3) is 0 Å². The molecular weight excluding hydrogens is 238 g/mol. The number of methoxy groups -OCH3 is 1. The van der Waals surface area contributed by atoms with Gasteiger partial charge in [0, 0.05) is 11.8 Å². The Bertz CT molecular complexity index is 351. The van der Waals surface area contributed by atoms with Crippen LogP contribution in [0.3, 0.4) is 0 Å². The molecule has 0 aliphatic rings. The van der Waals surface area contributed by atoms with Crippen LogP contribution in [0.2, 0.25) is 0 Å². The highest BCUT2D eigenvalue weighted by molar-refractivity contribution is 7.99. The fourth-order valence-corrected chi connectivity index (χ4v) is 2.02. The maximum absolute atomic E-state index is 11.2. The van der Waals surface area contributed by atoms with Crippen LogP contribution in [0.5, 0.6) is 0 Å². The number of hydrogen-bond acceptors (Lipinski definition) is 5. The summed E-state index contributed by atoms with van der Waals surface area (Å²) in [6.45, 7) is 4.90. The molecule has 5 heteroatoms. The quantitative estimate of drug-likeness (QED) is 0.760. The minimum atomic E-state index is -0.439. The molecule has 1 rings (SSSR count). The summed E-state index contributed by atoms with van der Waals surface area (Å²) in [5, 5.41) is 3.34. The van der Waals surface area contributed by atoms with Crippen LogP contribution in [0.4, 0.5) is 0 Å². The molecule has 0 bridgehead atoms. The molecule has 0 spiro atoms. The summed E-state index contributed by atoms with van der Waals surface area (Å²) >= 11 is 1.90. The standard InChI is InChI=1S/C12H19NO3S/c1-4-17-8-9(2)13-7-10-5-6-11(16-10)12(14)15-3/h5-6,9,13H,4,7-8H2,1-3H3. The molecule has 1 aromatic rings. The van der Waals surface area contributed by atoms with Gasteiger partial charge in [0.05, 0.1) is 13.7 Å². The van der Waals surface area contributed by atoms with E-state index in [0.29, 0.717) is 12.6 Å². The third-order valence-corrected chi connectivity index (χ3v) is 3.39. The van der Waals surface area contributed by atoms with Crippen molar-refractivity contribution in [3.05, 3.63) is 23.7 Å². The maximum Gasteiger partial charge on any atom is 0.373 e. The number of carbonyl (C=O) groups excluding carboxylic acids is 1. The Hall–Kier alpha value is -0.940. The number of rotatable bonds is 7. The van der Waals surface area contributed by atoms with E-state index in [0.717, 1.165) is 17.3 Å². The Morgan fingerprint density at radius 2 is 2.35 bits per heavy atom. The summed E-state index contributed by atoms with van der Waals surface area (Å²) in [6.07, 6.45) is 0. The molecule has 1 atom stereocenters. The van der Waals surface area contributed by atoms with Gasteiger partial charge in [-0.25, -0.2) is 4.79 Å². The van der Waals surface area contributed by atoms with Crippen molar-refractivity contribution in [2.45, 2.75) is 26.4 Å². The summed E-state index contributed by atoms with van der Waals surface area (Å²) in [5.74, 6) is 2.75. The van der Waals surface area contributed by atoms with Gasteiger partial charge < -0.3 is 14.5 Å². The van der Waals surface area contributed by atoms with E-state index in [2.05, 4.69) is 23.9 Å². The van der Waals surface area contributed by atoms with E-state index < -0.39 is 5.97 Å². The number of furan rings is 1. The third-order valence-electron chi connectivity index (χ3n) is 2.24. The van der Waals surface area contributed by atoms with Gasteiger partial charge in [0.15, 0.2) is 0 Å². The molecule has 1 N–H and O–H groups in total. The van der Waals surface area contributed by atoms with Crippen LogP contribution in [-0.4, -0.2) is 30.6 Å². The lowest BCUT2D eigenvalue weighted by molar-refractivity contribution is 0.0563. The molecule has 1 unspecified atom stereocenters. The maximum atomic E-state index is 11.2. The Kier molecular flexibility index (Phi) is 6.15. The van der Waals surface area contributed by atoms with Gasteiger partial charge in [0.1, 0.15) is 5.76 Å². The zero-order valence-electron chi connectivity index (χ0n) is 10.5. The van der Waals surface area contributed by atoms with E-state index >= 15 is 0 Å². The molecule has 1 heterocycles. The largest absolute Gasteiger partial charge is 0.463 e. The summed E-state index contributed by atoms with van der Waals surface area (Å²) < 4.78 is 9.92. The topological polar surface area (TPSA) is 51.5 Å². The lowest BCUT2D eigenvalue weighted by Gasteiger charge is -2.11. The highest BCUT2D eigenvalue weighted by Gasteiger charge is 2.11. The van der Waals surface area contributed by atoms with Crippen molar-refractivity contribution in [3.63, 3.8) is 0 Å². The van der Waals surface area contributed by atoms with Crippen LogP contribution in [0.15, 0.2) is 16.5 Å². The molecule has 0 aliphatic heterocycles. The number of nitrogens with one attached hydrogen (secondary N) is 1. The zero-order chi connectivity index (χ0) is 12.7. The second-order valence-corrected chi connectivity index (χ2v) is 5.02. The monoisotopic (exact) mass is 257 g/mol. The first-order valence-corrected chi connectivity index (χ1v) is 6.81. The zero-order valence-corrected chi connectivity index (χ0v) is 11.3. The van der Waals surface area contributed by atoms with Crippen LogP contribution in [0, 0.1) is 0 Å². The summed E-state index contributed by atoms with van der Waals surface area (Å²) in [4.78, 5) is 11.2. The van der Waals surface area contributed by atoms with E-state index in [-0.39, 0.29) is 5.76 Å². The highest BCUT2D eigenvalue weighted by Crippen LogP contribution is 2.09. The number of carbonyl (C=O) groups is 1. The van der Waals surface area contributed by atoms with Crippen molar-refractivity contribution in [2.75, 3.05) is 18.6 Å². The number of hydrogen-bond donors (Lipinski definition) is 1. The van der Waals surface area contributed by atoms with E-state index in [1.807, 2.05) is 11.8 Å². The Morgan fingerprint density at radius 1 is 1.59 bits per heavy atom. The van der Waals surface area contributed by atoms with Crippen molar-refractivity contribution in [2.24, 2.45) is 0 Å². The molecule has 0 aromatic carbocycles. The van der Waals surface area contributed by atoms with Crippen LogP contribution >= 0.6 is 11.8 Å². The fourth-order valence-electron chi connectivity index (χ4n) is 1.31. The molecule has 0 amide bonds. The van der Waals surface area contributed by atoms with E-state index in [1.165, 1.54) is 7.11 Å². The van der Waals surface area contributed by atoms with Crippen molar-refractivity contribution in [1.29, 1.82) is 0 Å². The fraction of sp³-hybridized carbons (Fsp3) is 0.583. The summed E-state index contributed by atoms with van der Waals surface area (Å²) in [6, 6.07) is 3.85. The molecule has 0 saturated heterocycles. The molecular formula is C12H19NO3S. The Labute approximate surface area is 106 Å². The van der Waals surface area contributed by atoms with Gasteiger partial charge in [-0.15, -0.1) is 0 Å². The van der Waals surface area contributed by atoms with Crippen molar-refractivity contribution < 1.29 is 13.9 Å². The van der Waals surface area contributed by atoms with Crippen LogP contribution in [0.25, 0.3) is 0 Å². The van der Waals surface area contributed by atoms with E-state index in [4.69, 9.17) is 4.42 Å². The molecule has 17 heavy (non-hydrogen) atoms. The van der Waals surface area contributed by atoms with Crippen LogP contribution in [0.1, 0.15) is 30.2 Å².